The van der Waals surface area contributed by atoms with Crippen molar-refractivity contribution in [3.63, 3.8) is 0 Å². The van der Waals surface area contributed by atoms with E-state index in [1.165, 1.54) is 28.6 Å². The van der Waals surface area contributed by atoms with Crippen LogP contribution in [0.3, 0.4) is 0 Å². The van der Waals surface area contributed by atoms with Gasteiger partial charge >= 0.3 is 0 Å². The Morgan fingerprint density at radius 3 is 2.17 bits per heavy atom. The van der Waals surface area contributed by atoms with Crippen molar-refractivity contribution in [3.8, 4) is 5.75 Å². The second kappa shape index (κ2) is 5.88. The van der Waals surface area contributed by atoms with E-state index in [1.54, 1.807) is 19.2 Å². The number of hydrogen-bond acceptors (Lipinski definition) is 5. The summed E-state index contributed by atoms with van der Waals surface area (Å²) in [5.41, 5.74) is 0.744. The largest absolute Gasteiger partial charge is 0.497 e. The van der Waals surface area contributed by atoms with Gasteiger partial charge in [0.1, 0.15) is 5.75 Å². The van der Waals surface area contributed by atoms with Crippen LogP contribution in [-0.4, -0.2) is 30.8 Å². The molecule has 2 aromatic rings. The number of nitro benzene ring substituents is 1. The molecule has 0 radical (unpaired) electrons. The Morgan fingerprint density at radius 2 is 1.67 bits per heavy atom. The number of ether oxygens (including phenoxy) is 1. The van der Waals surface area contributed by atoms with Crippen LogP contribution in [0.2, 0.25) is 0 Å². The summed E-state index contributed by atoms with van der Waals surface area (Å²) in [5, 5.41) is 10.7. The van der Waals surface area contributed by atoms with Gasteiger partial charge in [0.2, 0.25) is 10.0 Å². The molecule has 1 aliphatic heterocycles. The first kappa shape index (κ1) is 16.4. The number of hydrogen-bond donors (Lipinski definition) is 0. The third-order valence-electron chi connectivity index (χ3n) is 4.12. The molecule has 1 fully saturated rings. The molecule has 0 N–H and O–H groups in total. The first-order chi connectivity index (χ1) is 11.4. The second-order valence-corrected chi connectivity index (χ2v) is 7.39. The fourth-order valence-electron chi connectivity index (χ4n) is 2.78. The highest BCUT2D eigenvalue weighted by atomic mass is 32.2. The average molecular weight is 348 g/mol. The van der Waals surface area contributed by atoms with E-state index in [1.807, 2.05) is 19.1 Å². The lowest BCUT2D eigenvalue weighted by atomic mass is 10.1. The Labute approximate surface area is 139 Å². The first-order valence-corrected chi connectivity index (χ1v) is 8.72. The van der Waals surface area contributed by atoms with Crippen molar-refractivity contribution in [2.24, 2.45) is 0 Å². The topological polar surface area (TPSA) is 89.5 Å². The fraction of sp³-hybridized carbons (Fsp3) is 0.250. The lowest BCUT2D eigenvalue weighted by Crippen LogP contribution is -2.14. The van der Waals surface area contributed by atoms with E-state index in [4.69, 9.17) is 4.74 Å². The van der Waals surface area contributed by atoms with Gasteiger partial charge in [-0.25, -0.2) is 8.42 Å². The Kier molecular flexibility index (Phi) is 4.02. The number of nitro groups is 1. The minimum atomic E-state index is -3.69. The maximum Gasteiger partial charge on any atom is 0.269 e. The minimum Gasteiger partial charge on any atom is -0.497 e. The highest BCUT2D eigenvalue weighted by Gasteiger charge is 2.53. The molecule has 1 saturated heterocycles. The van der Waals surface area contributed by atoms with Crippen LogP contribution in [0.5, 0.6) is 5.75 Å². The SMILES string of the molecule is COc1ccc([C@H]2[C@H](C)N2S(=O)(=O)c2ccc([N+](=O)[O-])cc2)cc1. The van der Waals surface area contributed by atoms with Crippen LogP contribution in [0.25, 0.3) is 0 Å². The zero-order chi connectivity index (χ0) is 17.5. The van der Waals surface area contributed by atoms with Crippen molar-refractivity contribution in [1.82, 2.24) is 4.31 Å². The number of rotatable bonds is 5. The third-order valence-corrected chi connectivity index (χ3v) is 6.11. The quantitative estimate of drug-likeness (QED) is 0.471. The summed E-state index contributed by atoms with van der Waals surface area (Å²) < 4.78 is 32.0. The zero-order valence-corrected chi connectivity index (χ0v) is 13.9. The standard InChI is InChI=1S/C16H16N2O5S/c1-11-16(12-3-7-14(23-2)8-4-12)17(11)24(21,22)15-9-5-13(6-10-15)18(19)20/h3-11,16H,1-2H3/t11-,16+,17?/m0/s1. The van der Waals surface area contributed by atoms with Gasteiger partial charge in [-0.2, -0.15) is 4.31 Å². The molecule has 24 heavy (non-hydrogen) atoms. The van der Waals surface area contributed by atoms with Crippen LogP contribution in [0, 0.1) is 10.1 Å². The molecule has 0 saturated carbocycles. The zero-order valence-electron chi connectivity index (χ0n) is 13.1. The summed E-state index contributed by atoms with van der Waals surface area (Å²) in [6.07, 6.45) is 0. The summed E-state index contributed by atoms with van der Waals surface area (Å²) in [4.78, 5) is 10.2. The molecule has 1 heterocycles. The number of methoxy groups -OCH3 is 1. The van der Waals surface area contributed by atoms with Crippen LogP contribution in [0.1, 0.15) is 18.5 Å². The normalized spacial score (nSPS) is 22.8. The van der Waals surface area contributed by atoms with Gasteiger partial charge in [0.05, 0.1) is 23.0 Å². The Bertz CT molecular complexity index is 862. The summed E-state index contributed by atoms with van der Waals surface area (Å²) >= 11 is 0. The van der Waals surface area contributed by atoms with Gasteiger partial charge in [0.25, 0.3) is 5.69 Å². The van der Waals surface area contributed by atoms with E-state index in [2.05, 4.69) is 0 Å². The summed E-state index contributed by atoms with van der Waals surface area (Å²) in [5.74, 6) is 0.705. The van der Waals surface area contributed by atoms with Crippen molar-refractivity contribution in [1.29, 1.82) is 0 Å². The number of sulfonamides is 1. The van der Waals surface area contributed by atoms with E-state index >= 15 is 0 Å². The maximum absolute atomic E-state index is 12.7. The van der Waals surface area contributed by atoms with Crippen LogP contribution < -0.4 is 4.74 Å². The predicted octanol–water partition coefficient (Wildman–Crippen LogP) is 2.74. The van der Waals surface area contributed by atoms with Gasteiger partial charge in [-0.05, 0) is 36.8 Å². The average Bonchev–Trinajstić information content (AvgIpc) is 3.27. The highest BCUT2D eigenvalue weighted by molar-refractivity contribution is 7.89. The van der Waals surface area contributed by atoms with Crippen molar-refractivity contribution in [3.05, 3.63) is 64.2 Å². The fourth-order valence-corrected chi connectivity index (χ4v) is 4.60. The number of nitrogens with zero attached hydrogens (tertiary/aromatic N) is 2. The smallest absolute Gasteiger partial charge is 0.269 e. The van der Waals surface area contributed by atoms with Crippen molar-refractivity contribution < 1.29 is 18.1 Å². The monoisotopic (exact) mass is 348 g/mol. The molecule has 126 valence electrons. The summed E-state index contributed by atoms with van der Waals surface area (Å²) in [6, 6.07) is 11.8. The van der Waals surface area contributed by atoms with Crippen molar-refractivity contribution in [2.45, 2.75) is 23.9 Å². The van der Waals surface area contributed by atoms with Crippen LogP contribution in [0.15, 0.2) is 53.4 Å². The van der Waals surface area contributed by atoms with Crippen molar-refractivity contribution in [2.75, 3.05) is 7.11 Å². The highest BCUT2D eigenvalue weighted by Crippen LogP contribution is 2.47. The molecule has 8 heteroatoms. The molecule has 3 atom stereocenters. The Hall–Kier alpha value is -2.45. The van der Waals surface area contributed by atoms with Gasteiger partial charge in [-0.15, -0.1) is 0 Å². The number of benzene rings is 2. The molecule has 0 amide bonds. The molecule has 0 bridgehead atoms. The Morgan fingerprint density at radius 1 is 1.08 bits per heavy atom. The lowest BCUT2D eigenvalue weighted by Gasteiger charge is -2.07. The number of non-ortho nitro benzene ring substituents is 1. The molecule has 0 aliphatic carbocycles. The van der Waals surface area contributed by atoms with E-state index < -0.39 is 14.9 Å². The maximum atomic E-state index is 12.7. The molecule has 3 rings (SSSR count). The minimum absolute atomic E-state index is 0.0518. The van der Waals surface area contributed by atoms with Gasteiger partial charge in [-0.3, -0.25) is 10.1 Å². The molecular weight excluding hydrogens is 332 g/mol. The van der Waals surface area contributed by atoms with Gasteiger partial charge in [0.15, 0.2) is 0 Å². The summed E-state index contributed by atoms with van der Waals surface area (Å²) in [6.45, 7) is 1.83. The molecule has 7 nitrogen and oxygen atoms in total. The molecule has 2 aromatic carbocycles. The second-order valence-electron chi connectivity index (χ2n) is 5.54. The van der Waals surface area contributed by atoms with E-state index in [9.17, 15) is 18.5 Å². The molecule has 0 aromatic heterocycles. The van der Waals surface area contributed by atoms with Gasteiger partial charge in [0, 0.05) is 18.2 Å². The van der Waals surface area contributed by atoms with Crippen LogP contribution in [-0.2, 0) is 10.0 Å². The molecule has 0 spiro atoms. The molecular formula is C16H16N2O5S. The van der Waals surface area contributed by atoms with Gasteiger partial charge < -0.3 is 4.74 Å². The summed E-state index contributed by atoms with van der Waals surface area (Å²) in [7, 11) is -2.12. The molecule has 1 unspecified atom stereocenters. The van der Waals surface area contributed by atoms with Gasteiger partial charge in [-0.1, -0.05) is 12.1 Å². The van der Waals surface area contributed by atoms with Crippen molar-refractivity contribution >= 4 is 15.7 Å². The first-order valence-electron chi connectivity index (χ1n) is 7.28. The molecule has 1 aliphatic rings. The third kappa shape index (κ3) is 2.74. The van der Waals surface area contributed by atoms with E-state index in [-0.39, 0.29) is 22.7 Å². The van der Waals surface area contributed by atoms with E-state index in [0.29, 0.717) is 5.75 Å². The van der Waals surface area contributed by atoms with Crippen LogP contribution in [0.4, 0.5) is 5.69 Å². The lowest BCUT2D eigenvalue weighted by molar-refractivity contribution is -0.384. The van der Waals surface area contributed by atoms with Crippen LogP contribution >= 0.6 is 0 Å². The Balaban J connectivity index is 1.86. The van der Waals surface area contributed by atoms with E-state index in [0.717, 1.165) is 5.56 Å². The predicted molar refractivity (Wildman–Crippen MR) is 87.3 cm³/mol.